The average molecular weight is 366 g/mol. The highest BCUT2D eigenvalue weighted by atomic mass is 32.2. The van der Waals surface area contributed by atoms with E-state index in [1.807, 2.05) is 6.07 Å². The number of morpholine rings is 1. The topological polar surface area (TPSA) is 99.1 Å². The molecule has 3 rings (SSSR count). The number of anilines is 1. The summed E-state index contributed by atoms with van der Waals surface area (Å²) < 4.78 is 36.9. The monoisotopic (exact) mass is 366 g/mol. The average Bonchev–Trinajstić information content (AvgIpc) is 2.59. The molecule has 1 saturated heterocycles. The number of hydrogen-bond donors (Lipinski definition) is 3. The Bertz CT molecular complexity index is 847. The predicted octanol–water partition coefficient (Wildman–Crippen LogP) is 1.93. The molecule has 2 aromatic rings. The van der Waals surface area contributed by atoms with E-state index in [0.29, 0.717) is 10.8 Å². The van der Waals surface area contributed by atoms with Crippen LogP contribution in [-0.2, 0) is 14.9 Å². The molecule has 8 heteroatoms. The van der Waals surface area contributed by atoms with E-state index in [1.54, 1.807) is 12.1 Å². The van der Waals surface area contributed by atoms with E-state index >= 15 is 0 Å². The molecule has 2 aromatic carbocycles. The fraction of sp³-hybridized carbons (Fsp3) is 0.412. The zero-order chi connectivity index (χ0) is 17.9. The molecular weight excluding hydrogens is 344 g/mol. The number of hydrogen-bond acceptors (Lipinski definition) is 6. The molecule has 0 radical (unpaired) electrons. The van der Waals surface area contributed by atoms with E-state index in [-0.39, 0.29) is 10.6 Å². The van der Waals surface area contributed by atoms with Crippen LogP contribution in [0.25, 0.3) is 10.8 Å². The van der Waals surface area contributed by atoms with E-state index in [4.69, 9.17) is 9.29 Å². The predicted molar refractivity (Wildman–Crippen MR) is 95.8 cm³/mol. The number of aromatic hydroxyl groups is 1. The molecule has 1 fully saturated rings. The summed E-state index contributed by atoms with van der Waals surface area (Å²) in [7, 11) is -4.34. The van der Waals surface area contributed by atoms with Crippen molar-refractivity contribution in [2.24, 2.45) is 0 Å². The van der Waals surface area contributed by atoms with Gasteiger partial charge < -0.3 is 15.2 Å². The molecule has 1 aliphatic heterocycles. The minimum Gasteiger partial charge on any atom is -0.507 e. The zero-order valence-corrected chi connectivity index (χ0v) is 14.6. The standard InChI is InChI=1S/C17H22N2O5S/c20-17-12-15(25(21,22)23)10-13-2-3-14(11-16(13)17)18-4-1-5-19-6-8-24-9-7-19/h2-3,10-12,18,20H,1,4-9H2,(H,21,22,23). The first-order chi connectivity index (χ1) is 11.9. The number of ether oxygens (including phenoxy) is 1. The molecule has 0 bridgehead atoms. The van der Waals surface area contributed by atoms with Gasteiger partial charge in [-0.15, -0.1) is 0 Å². The van der Waals surface area contributed by atoms with Gasteiger partial charge in [-0.25, -0.2) is 0 Å². The Morgan fingerprint density at radius 3 is 2.64 bits per heavy atom. The second kappa shape index (κ2) is 7.57. The van der Waals surface area contributed by atoms with Crippen LogP contribution in [0.4, 0.5) is 5.69 Å². The van der Waals surface area contributed by atoms with Gasteiger partial charge in [-0.2, -0.15) is 8.42 Å². The molecular formula is C17H22N2O5S. The van der Waals surface area contributed by atoms with Crippen molar-refractivity contribution in [2.75, 3.05) is 44.7 Å². The Hall–Kier alpha value is -1.87. The highest BCUT2D eigenvalue weighted by molar-refractivity contribution is 7.85. The van der Waals surface area contributed by atoms with Gasteiger partial charge in [0.05, 0.1) is 18.1 Å². The van der Waals surface area contributed by atoms with Crippen LogP contribution in [0.3, 0.4) is 0 Å². The minimum absolute atomic E-state index is 0.179. The van der Waals surface area contributed by atoms with Gasteiger partial charge in [0.25, 0.3) is 10.1 Å². The summed E-state index contributed by atoms with van der Waals surface area (Å²) in [6.07, 6.45) is 0.992. The Morgan fingerprint density at radius 2 is 1.92 bits per heavy atom. The van der Waals surface area contributed by atoms with E-state index in [0.717, 1.165) is 57.6 Å². The van der Waals surface area contributed by atoms with Crippen LogP contribution in [0.5, 0.6) is 5.75 Å². The lowest BCUT2D eigenvalue weighted by Crippen LogP contribution is -2.37. The third-order valence-corrected chi connectivity index (χ3v) is 5.12. The quantitative estimate of drug-likeness (QED) is 0.531. The fourth-order valence-corrected chi connectivity index (χ4v) is 3.47. The molecule has 1 aliphatic rings. The molecule has 0 unspecified atom stereocenters. The first kappa shape index (κ1) is 17.9. The van der Waals surface area contributed by atoms with Gasteiger partial charge in [0.15, 0.2) is 0 Å². The summed E-state index contributed by atoms with van der Waals surface area (Å²) in [6, 6.07) is 7.71. The van der Waals surface area contributed by atoms with Crippen molar-refractivity contribution in [1.29, 1.82) is 0 Å². The smallest absolute Gasteiger partial charge is 0.294 e. The second-order valence-corrected chi connectivity index (χ2v) is 7.51. The van der Waals surface area contributed by atoms with Gasteiger partial charge >= 0.3 is 0 Å². The SMILES string of the molecule is O=S(=O)(O)c1cc(O)c2cc(NCCCN3CCOCC3)ccc2c1. The maximum atomic E-state index is 11.2. The first-order valence-corrected chi connectivity index (χ1v) is 9.66. The number of phenols is 1. The van der Waals surface area contributed by atoms with E-state index in [2.05, 4.69) is 10.2 Å². The zero-order valence-electron chi connectivity index (χ0n) is 13.8. The number of nitrogens with zero attached hydrogens (tertiary/aromatic N) is 1. The summed E-state index contributed by atoms with van der Waals surface area (Å²) in [5.74, 6) is -0.179. The molecule has 0 atom stereocenters. The largest absolute Gasteiger partial charge is 0.507 e. The Labute approximate surface area is 147 Å². The molecule has 0 saturated carbocycles. The summed E-state index contributed by atoms with van der Waals surface area (Å²) in [4.78, 5) is 2.05. The van der Waals surface area contributed by atoms with Crippen molar-refractivity contribution in [2.45, 2.75) is 11.3 Å². The van der Waals surface area contributed by atoms with Gasteiger partial charge in [0.2, 0.25) is 0 Å². The molecule has 3 N–H and O–H groups in total. The molecule has 1 heterocycles. The minimum atomic E-state index is -4.34. The van der Waals surface area contributed by atoms with Crippen LogP contribution < -0.4 is 5.32 Å². The molecule has 0 aliphatic carbocycles. The van der Waals surface area contributed by atoms with Crippen LogP contribution >= 0.6 is 0 Å². The van der Waals surface area contributed by atoms with E-state index < -0.39 is 10.1 Å². The fourth-order valence-electron chi connectivity index (χ4n) is 2.93. The molecule has 0 spiro atoms. The molecule has 25 heavy (non-hydrogen) atoms. The lowest BCUT2D eigenvalue weighted by molar-refractivity contribution is 0.0378. The van der Waals surface area contributed by atoms with Crippen molar-refractivity contribution < 1.29 is 22.8 Å². The third kappa shape index (κ3) is 4.60. The maximum absolute atomic E-state index is 11.2. The van der Waals surface area contributed by atoms with Crippen molar-refractivity contribution in [1.82, 2.24) is 4.90 Å². The van der Waals surface area contributed by atoms with Crippen LogP contribution in [0.2, 0.25) is 0 Å². The number of phenolic OH excluding ortho intramolecular Hbond substituents is 1. The maximum Gasteiger partial charge on any atom is 0.294 e. The van der Waals surface area contributed by atoms with Crippen molar-refractivity contribution >= 4 is 26.6 Å². The summed E-state index contributed by atoms with van der Waals surface area (Å²) in [5, 5.41) is 14.5. The van der Waals surface area contributed by atoms with Crippen LogP contribution in [0.15, 0.2) is 35.2 Å². The van der Waals surface area contributed by atoms with Crippen molar-refractivity contribution in [3.8, 4) is 5.75 Å². The van der Waals surface area contributed by atoms with Crippen LogP contribution in [0, 0.1) is 0 Å². The van der Waals surface area contributed by atoms with Gasteiger partial charge in [-0.1, -0.05) is 6.07 Å². The number of nitrogens with one attached hydrogen (secondary N) is 1. The van der Waals surface area contributed by atoms with Gasteiger partial charge in [-0.3, -0.25) is 9.45 Å². The van der Waals surface area contributed by atoms with E-state index in [1.165, 1.54) is 6.07 Å². The van der Waals surface area contributed by atoms with Crippen molar-refractivity contribution in [3.05, 3.63) is 30.3 Å². The number of rotatable bonds is 6. The van der Waals surface area contributed by atoms with Crippen LogP contribution in [0.1, 0.15) is 6.42 Å². The molecule has 0 amide bonds. The lowest BCUT2D eigenvalue weighted by atomic mass is 10.1. The summed E-state index contributed by atoms with van der Waals surface area (Å²) >= 11 is 0. The van der Waals surface area contributed by atoms with Gasteiger partial charge in [0.1, 0.15) is 5.75 Å². The lowest BCUT2D eigenvalue weighted by Gasteiger charge is -2.26. The third-order valence-electron chi connectivity index (χ3n) is 4.29. The Kier molecular flexibility index (Phi) is 5.43. The van der Waals surface area contributed by atoms with Crippen LogP contribution in [-0.4, -0.2) is 62.4 Å². The molecule has 136 valence electrons. The van der Waals surface area contributed by atoms with Gasteiger partial charge in [0, 0.05) is 36.8 Å². The number of fused-ring (bicyclic) bond motifs is 1. The molecule has 0 aromatic heterocycles. The highest BCUT2D eigenvalue weighted by Gasteiger charge is 2.13. The Balaban J connectivity index is 1.64. The highest BCUT2D eigenvalue weighted by Crippen LogP contribution is 2.30. The van der Waals surface area contributed by atoms with Gasteiger partial charge in [-0.05, 0) is 36.6 Å². The number of benzene rings is 2. The van der Waals surface area contributed by atoms with E-state index in [9.17, 15) is 13.5 Å². The van der Waals surface area contributed by atoms with Crippen molar-refractivity contribution in [3.63, 3.8) is 0 Å². The summed E-state index contributed by atoms with van der Waals surface area (Å²) in [5.41, 5.74) is 0.851. The second-order valence-electron chi connectivity index (χ2n) is 6.09. The molecule has 7 nitrogen and oxygen atoms in total. The first-order valence-electron chi connectivity index (χ1n) is 8.22. The Morgan fingerprint density at radius 1 is 1.16 bits per heavy atom. The summed E-state index contributed by atoms with van der Waals surface area (Å²) in [6.45, 7) is 5.34. The normalized spacial score (nSPS) is 16.2.